The molecular formula is C40H40F3N3O7S2. The summed E-state index contributed by atoms with van der Waals surface area (Å²) >= 11 is 0.300. The Labute approximate surface area is 320 Å². The maximum absolute atomic E-state index is 17.4. The average Bonchev–Trinajstić information content (AvgIpc) is 3.12. The van der Waals surface area contributed by atoms with Crippen molar-refractivity contribution in [1.29, 1.82) is 0 Å². The Morgan fingerprint density at radius 1 is 0.964 bits per heavy atom. The number of thioether (sulfide) groups is 1. The minimum atomic E-state index is -4.79. The molecule has 0 saturated carbocycles. The highest BCUT2D eigenvalue weighted by molar-refractivity contribution is 8.00. The van der Waals surface area contributed by atoms with Crippen molar-refractivity contribution in [2.24, 2.45) is 5.73 Å². The molecule has 290 valence electrons. The second-order valence-corrected chi connectivity index (χ2v) is 18.3. The highest BCUT2D eigenvalue weighted by atomic mass is 32.2. The zero-order valence-corrected chi connectivity index (χ0v) is 32.4. The number of carbonyl (C=O) groups excluding carboxylic acids is 1. The predicted octanol–water partition coefficient (Wildman–Crippen LogP) is 3.72. The van der Waals surface area contributed by atoms with E-state index in [1.54, 1.807) is 12.1 Å². The molecule has 0 saturated heterocycles. The number of ether oxygens (including phenoxy) is 1. The highest BCUT2D eigenvalue weighted by Gasteiger charge is 2.44. The fourth-order valence-electron chi connectivity index (χ4n) is 9.22. The number of halogens is 3. The lowest BCUT2D eigenvalue weighted by Crippen LogP contribution is -2.53. The molecule has 55 heavy (non-hydrogen) atoms. The molecule has 0 bridgehead atoms. The average molecular weight is 796 g/mol. The van der Waals surface area contributed by atoms with E-state index in [1.165, 1.54) is 0 Å². The van der Waals surface area contributed by atoms with Gasteiger partial charge in [0, 0.05) is 71.4 Å². The monoisotopic (exact) mass is 795 g/mol. The molecule has 10 nitrogen and oxygen atoms in total. The summed E-state index contributed by atoms with van der Waals surface area (Å²) in [7, 11) is -4.79. The summed E-state index contributed by atoms with van der Waals surface area (Å²) in [5.41, 5.74) is 8.10. The topological polar surface area (TPSA) is 156 Å². The van der Waals surface area contributed by atoms with Crippen molar-refractivity contribution in [3.63, 3.8) is 0 Å². The van der Waals surface area contributed by atoms with E-state index in [0.717, 1.165) is 35.0 Å². The van der Waals surface area contributed by atoms with Gasteiger partial charge in [-0.05, 0) is 62.5 Å². The number of benzene rings is 3. The van der Waals surface area contributed by atoms with Crippen LogP contribution in [0.25, 0.3) is 16.7 Å². The maximum atomic E-state index is 17.4. The van der Waals surface area contributed by atoms with Crippen LogP contribution in [-0.4, -0.2) is 78.0 Å². The summed E-state index contributed by atoms with van der Waals surface area (Å²) in [6, 6.07) is 3.43. The van der Waals surface area contributed by atoms with Crippen molar-refractivity contribution in [2.45, 2.75) is 69.4 Å². The molecule has 0 aromatic heterocycles. The number of anilines is 1. The van der Waals surface area contributed by atoms with Crippen LogP contribution in [0.2, 0.25) is 0 Å². The number of carbonyl (C=O) groups is 1. The molecule has 3 aromatic carbocycles. The van der Waals surface area contributed by atoms with E-state index >= 15 is 13.2 Å². The van der Waals surface area contributed by atoms with Crippen molar-refractivity contribution in [3.05, 3.63) is 91.3 Å². The molecule has 5 heterocycles. The number of hydrogen-bond acceptors (Lipinski definition) is 9. The molecule has 3 aromatic rings. The number of fused-ring (bicyclic) bond motifs is 4. The summed E-state index contributed by atoms with van der Waals surface area (Å²) in [6.07, 6.45) is 6.41. The van der Waals surface area contributed by atoms with Crippen LogP contribution in [0, 0.1) is 17.5 Å². The molecule has 0 atom stereocenters. The number of aliphatic hydroxyl groups excluding tert-OH is 2. The van der Waals surface area contributed by atoms with Crippen LogP contribution in [-0.2, 0) is 23.0 Å². The lowest BCUT2D eigenvalue weighted by molar-refractivity contribution is 0.0994. The minimum Gasteiger partial charge on any atom is -0.748 e. The highest BCUT2D eigenvalue weighted by Crippen LogP contribution is 2.53. The van der Waals surface area contributed by atoms with Gasteiger partial charge in [-0.15, -0.1) is 11.8 Å². The summed E-state index contributed by atoms with van der Waals surface area (Å²) in [5, 5.41) is 22.4. The van der Waals surface area contributed by atoms with Gasteiger partial charge >= 0.3 is 0 Å². The number of nitrogens with zero attached hydrogens (tertiary/aromatic N) is 2. The first kappa shape index (κ1) is 37.8. The van der Waals surface area contributed by atoms with Crippen LogP contribution in [0.5, 0.6) is 11.5 Å². The first-order valence-electron chi connectivity index (χ1n) is 18.1. The third-order valence-electron chi connectivity index (χ3n) is 11.4. The third kappa shape index (κ3) is 5.75. The Balaban J connectivity index is 1.57. The molecule has 0 radical (unpaired) electrons. The number of hydrogen-bond donors (Lipinski definition) is 3. The Morgan fingerprint density at radius 2 is 1.65 bits per heavy atom. The predicted molar refractivity (Wildman–Crippen MR) is 202 cm³/mol. The normalized spacial score (nSPS) is 18.8. The number of aliphatic hydroxyl groups is 2. The fourth-order valence-corrected chi connectivity index (χ4v) is 11.0. The number of primary amides is 1. The Morgan fingerprint density at radius 3 is 2.33 bits per heavy atom. The van der Waals surface area contributed by atoms with Crippen LogP contribution in [0.15, 0.2) is 29.2 Å². The van der Waals surface area contributed by atoms with Crippen LogP contribution in [0.3, 0.4) is 0 Å². The molecule has 15 heteroatoms. The molecule has 5 aliphatic heterocycles. The molecular weight excluding hydrogens is 756 g/mol. The quantitative estimate of drug-likeness (QED) is 0.105. The Kier molecular flexibility index (Phi) is 8.89. The third-order valence-corrected chi connectivity index (χ3v) is 13.4. The van der Waals surface area contributed by atoms with Crippen LogP contribution in [0.1, 0.15) is 84.3 Å². The van der Waals surface area contributed by atoms with Crippen molar-refractivity contribution < 1.29 is 45.9 Å². The maximum Gasteiger partial charge on any atom is 0.252 e. The Hall–Kier alpha value is -4.15. The van der Waals surface area contributed by atoms with E-state index in [1.807, 2.05) is 39.8 Å². The fraction of sp³-hybridized carbons (Fsp3) is 0.400. The molecule has 5 aliphatic rings. The second-order valence-electron chi connectivity index (χ2n) is 15.7. The van der Waals surface area contributed by atoms with Gasteiger partial charge in [0.1, 0.15) is 23.9 Å². The van der Waals surface area contributed by atoms with E-state index in [4.69, 9.17) is 10.5 Å². The molecule has 0 fully saturated rings. The van der Waals surface area contributed by atoms with E-state index < -0.39 is 72.1 Å². The van der Waals surface area contributed by atoms with E-state index in [9.17, 15) is 28.0 Å². The summed E-state index contributed by atoms with van der Waals surface area (Å²) in [5.74, 6) is -7.19. The Bertz CT molecular complexity index is 2580. The molecule has 1 amide bonds. The van der Waals surface area contributed by atoms with Crippen molar-refractivity contribution in [1.82, 2.24) is 4.58 Å². The van der Waals surface area contributed by atoms with Crippen molar-refractivity contribution in [2.75, 3.05) is 42.7 Å². The van der Waals surface area contributed by atoms with Gasteiger partial charge in [0.15, 0.2) is 17.2 Å². The minimum absolute atomic E-state index is 0.0173. The molecule has 0 unspecified atom stereocenters. The van der Waals surface area contributed by atoms with Crippen molar-refractivity contribution >= 4 is 50.2 Å². The van der Waals surface area contributed by atoms with E-state index in [2.05, 4.69) is 9.48 Å². The first-order valence-corrected chi connectivity index (χ1v) is 20.7. The lowest BCUT2D eigenvalue weighted by Gasteiger charge is -2.47. The van der Waals surface area contributed by atoms with E-state index in [0.29, 0.717) is 71.5 Å². The van der Waals surface area contributed by atoms with Gasteiger partial charge in [-0.2, -0.15) is 0 Å². The molecule has 0 aliphatic carbocycles. The second kappa shape index (κ2) is 12.9. The first-order chi connectivity index (χ1) is 25.9. The number of nitrogens with two attached hydrogens (primary N) is 1. The zero-order chi connectivity index (χ0) is 39.5. The van der Waals surface area contributed by atoms with Gasteiger partial charge in [-0.25, -0.2) is 26.2 Å². The molecule has 0 spiro atoms. The van der Waals surface area contributed by atoms with Gasteiger partial charge in [-0.3, -0.25) is 4.79 Å². The van der Waals surface area contributed by atoms with Gasteiger partial charge in [0.05, 0.1) is 56.1 Å². The largest absolute Gasteiger partial charge is 0.748 e. The summed E-state index contributed by atoms with van der Waals surface area (Å²) in [4.78, 5) is 14.5. The van der Waals surface area contributed by atoms with Crippen LogP contribution < -0.4 is 30.5 Å². The van der Waals surface area contributed by atoms with Gasteiger partial charge in [-0.1, -0.05) is 6.08 Å². The summed E-state index contributed by atoms with van der Waals surface area (Å²) < 4.78 is 93.0. The van der Waals surface area contributed by atoms with E-state index in [-0.39, 0.29) is 29.6 Å². The smallest absolute Gasteiger partial charge is 0.252 e. The standard InChI is InChI=1S/C40H40F3N3O7S2/c1-39(2)15-19(17-47)23-13-25-27(28-29(38(44)49)30(41)32(43)37(31(28)42)54-11-12-55(50,51)52)26-14-24-20(18-48)16-40(3,4)46-10-6-8-22(34(24)46)36(26)53-35(25)21-7-5-9-45(39)33(21)23/h13-16,47-48H,5-12,17-18H2,1-4H3,(H2-,44,49,50,51,52). The van der Waals surface area contributed by atoms with Gasteiger partial charge < -0.3 is 30.1 Å². The number of rotatable bonds is 8. The molecule has 4 N–H and O–H groups in total. The van der Waals surface area contributed by atoms with Crippen molar-refractivity contribution in [3.8, 4) is 11.5 Å². The number of amides is 1. The molecule has 8 rings (SSSR count). The van der Waals surface area contributed by atoms with Crippen LogP contribution >= 0.6 is 11.8 Å². The van der Waals surface area contributed by atoms with Crippen LogP contribution in [0.4, 0.5) is 18.9 Å². The summed E-state index contributed by atoms with van der Waals surface area (Å²) in [6.45, 7) is 8.91. The zero-order valence-electron chi connectivity index (χ0n) is 30.7. The SMILES string of the molecule is CC1(C)C=C(CO)c2cc3c(c4c2N1CCC4)Oc1c2c4c(cc1=C3c1c(F)c(SCCS(=O)(=O)[O-])c(F)c(F)c1C(N)=O)C(CO)=CC(C)(C)[N+]=4CCC2. The van der Waals surface area contributed by atoms with Gasteiger partial charge in [0.25, 0.3) is 5.91 Å². The van der Waals surface area contributed by atoms with Gasteiger partial charge in [0.2, 0.25) is 5.36 Å². The lowest BCUT2D eigenvalue weighted by atomic mass is 9.78.